The van der Waals surface area contributed by atoms with E-state index in [4.69, 9.17) is 0 Å². The molecule has 2 nitrogen and oxygen atoms in total. The lowest BCUT2D eigenvalue weighted by Gasteiger charge is -2.27. The van der Waals surface area contributed by atoms with Crippen LogP contribution in [-0.2, 0) is 0 Å². The molecule has 1 heterocycles. The molecular weight excluding hydrogens is 162 g/mol. The van der Waals surface area contributed by atoms with E-state index < -0.39 is 0 Å². The lowest BCUT2D eigenvalue weighted by Crippen LogP contribution is -2.15. The summed E-state index contributed by atoms with van der Waals surface area (Å²) in [6.45, 7) is 0. The first-order valence-corrected chi connectivity index (χ1v) is 4.95. The van der Waals surface area contributed by atoms with Crippen LogP contribution in [0.1, 0.15) is 37.5 Å². The molecule has 1 atom stereocenters. The molecule has 1 fully saturated rings. The van der Waals surface area contributed by atoms with Crippen molar-refractivity contribution in [3.8, 4) is 0 Å². The van der Waals surface area contributed by atoms with Crippen LogP contribution in [0.5, 0.6) is 0 Å². The van der Waals surface area contributed by atoms with E-state index >= 15 is 0 Å². The third kappa shape index (κ3) is 2.07. The maximum Gasteiger partial charge on any atom is 0.0962 e. The van der Waals surface area contributed by atoms with Gasteiger partial charge in [-0.3, -0.25) is 4.98 Å². The summed E-state index contributed by atoms with van der Waals surface area (Å²) in [6.07, 6.45) is 6.16. The lowest BCUT2D eigenvalue weighted by atomic mass is 9.81. The topological polar surface area (TPSA) is 33.1 Å². The Morgan fingerprint density at radius 2 is 2.31 bits per heavy atom. The van der Waals surface area contributed by atoms with Gasteiger partial charge in [-0.05, 0) is 24.5 Å². The van der Waals surface area contributed by atoms with Crippen LogP contribution in [0, 0.1) is 5.92 Å². The van der Waals surface area contributed by atoms with E-state index in [1.165, 1.54) is 19.3 Å². The molecule has 0 bridgehead atoms. The third-order valence-electron chi connectivity index (χ3n) is 2.81. The Hall–Kier alpha value is -0.890. The summed E-state index contributed by atoms with van der Waals surface area (Å²) in [7, 11) is 0. The fourth-order valence-electron chi connectivity index (χ4n) is 1.74. The zero-order chi connectivity index (χ0) is 9.10. The second kappa shape index (κ2) is 3.88. The number of hydrogen-bond acceptors (Lipinski definition) is 2. The molecule has 0 amide bonds. The monoisotopic (exact) mass is 177 g/mol. The molecule has 1 unspecified atom stereocenters. The predicted octanol–water partition coefficient (Wildman–Crippen LogP) is 2.31. The molecule has 2 rings (SSSR count). The molecule has 1 aliphatic rings. The van der Waals surface area contributed by atoms with Crippen molar-refractivity contribution in [3.05, 3.63) is 30.1 Å². The number of aliphatic hydroxyl groups is 1. The number of nitrogens with zero attached hydrogens (tertiary/aromatic N) is 1. The van der Waals surface area contributed by atoms with E-state index in [1.54, 1.807) is 6.20 Å². The maximum absolute atomic E-state index is 9.79. The normalized spacial score (nSPS) is 19.5. The second-order valence-electron chi connectivity index (χ2n) is 3.80. The summed E-state index contributed by atoms with van der Waals surface area (Å²) in [5.41, 5.74) is 0.814. The molecule has 70 valence electrons. The van der Waals surface area contributed by atoms with Crippen LogP contribution in [0.2, 0.25) is 0 Å². The Kier molecular flexibility index (Phi) is 2.60. The largest absolute Gasteiger partial charge is 0.387 e. The fraction of sp³-hybridized carbons (Fsp3) is 0.545. The fourth-order valence-corrected chi connectivity index (χ4v) is 1.74. The molecule has 0 saturated heterocycles. The van der Waals surface area contributed by atoms with Crippen LogP contribution >= 0.6 is 0 Å². The first-order chi connectivity index (χ1) is 6.36. The molecule has 1 aromatic rings. The van der Waals surface area contributed by atoms with E-state index in [9.17, 15) is 5.11 Å². The first-order valence-electron chi connectivity index (χ1n) is 4.95. The minimum absolute atomic E-state index is 0.355. The summed E-state index contributed by atoms with van der Waals surface area (Å²) < 4.78 is 0. The van der Waals surface area contributed by atoms with Crippen LogP contribution in [0.15, 0.2) is 24.4 Å². The van der Waals surface area contributed by atoms with Crippen molar-refractivity contribution in [2.24, 2.45) is 5.92 Å². The van der Waals surface area contributed by atoms with Gasteiger partial charge in [0.25, 0.3) is 0 Å². The van der Waals surface area contributed by atoms with Gasteiger partial charge in [-0.1, -0.05) is 25.3 Å². The highest BCUT2D eigenvalue weighted by Crippen LogP contribution is 2.33. The van der Waals surface area contributed by atoms with Gasteiger partial charge >= 0.3 is 0 Å². The number of aromatic nitrogens is 1. The average molecular weight is 177 g/mol. The van der Waals surface area contributed by atoms with Gasteiger partial charge in [-0.15, -0.1) is 0 Å². The Bertz CT molecular complexity index is 256. The quantitative estimate of drug-likeness (QED) is 0.768. The molecule has 1 aliphatic carbocycles. The lowest BCUT2D eigenvalue weighted by molar-refractivity contribution is 0.115. The van der Waals surface area contributed by atoms with Crippen LogP contribution in [0.25, 0.3) is 0 Å². The van der Waals surface area contributed by atoms with Crippen molar-refractivity contribution in [1.82, 2.24) is 4.98 Å². The standard InChI is InChI=1S/C11H15NO/c13-11(8-9-4-3-5-9)10-6-1-2-7-12-10/h1-2,6-7,9,11,13H,3-5,8H2. The highest BCUT2D eigenvalue weighted by atomic mass is 16.3. The molecular formula is C11H15NO. The van der Waals surface area contributed by atoms with E-state index in [1.807, 2.05) is 18.2 Å². The number of rotatable bonds is 3. The SMILES string of the molecule is OC(CC1CCC1)c1ccccn1. The van der Waals surface area contributed by atoms with Crippen molar-refractivity contribution in [1.29, 1.82) is 0 Å². The number of aliphatic hydroxyl groups excluding tert-OH is 1. The maximum atomic E-state index is 9.79. The van der Waals surface area contributed by atoms with Gasteiger partial charge in [-0.2, -0.15) is 0 Å². The van der Waals surface area contributed by atoms with Gasteiger partial charge in [0.1, 0.15) is 0 Å². The summed E-state index contributed by atoms with van der Waals surface area (Å²) >= 11 is 0. The van der Waals surface area contributed by atoms with E-state index in [0.29, 0.717) is 0 Å². The second-order valence-corrected chi connectivity index (χ2v) is 3.80. The van der Waals surface area contributed by atoms with Gasteiger partial charge < -0.3 is 5.11 Å². The smallest absolute Gasteiger partial charge is 0.0962 e. The third-order valence-corrected chi connectivity index (χ3v) is 2.81. The molecule has 1 aromatic heterocycles. The van der Waals surface area contributed by atoms with Gasteiger partial charge in [-0.25, -0.2) is 0 Å². The Morgan fingerprint density at radius 1 is 1.46 bits per heavy atom. The zero-order valence-corrected chi connectivity index (χ0v) is 7.69. The van der Waals surface area contributed by atoms with Gasteiger partial charge in [0.2, 0.25) is 0 Å². The summed E-state index contributed by atoms with van der Waals surface area (Å²) in [5, 5.41) is 9.79. The van der Waals surface area contributed by atoms with Gasteiger partial charge in [0, 0.05) is 6.20 Å². The molecule has 13 heavy (non-hydrogen) atoms. The van der Waals surface area contributed by atoms with E-state index in [2.05, 4.69) is 4.98 Å². The zero-order valence-electron chi connectivity index (χ0n) is 7.69. The highest BCUT2D eigenvalue weighted by Gasteiger charge is 2.21. The van der Waals surface area contributed by atoms with E-state index in [0.717, 1.165) is 18.0 Å². The van der Waals surface area contributed by atoms with E-state index in [-0.39, 0.29) is 6.10 Å². The van der Waals surface area contributed by atoms with Crippen molar-refractivity contribution in [2.45, 2.75) is 31.8 Å². The minimum atomic E-state index is -0.355. The van der Waals surface area contributed by atoms with Crippen molar-refractivity contribution in [2.75, 3.05) is 0 Å². The predicted molar refractivity (Wildman–Crippen MR) is 51.2 cm³/mol. The highest BCUT2D eigenvalue weighted by molar-refractivity contribution is 5.06. The molecule has 2 heteroatoms. The molecule has 1 saturated carbocycles. The van der Waals surface area contributed by atoms with Crippen molar-refractivity contribution >= 4 is 0 Å². The van der Waals surface area contributed by atoms with Gasteiger partial charge in [0.05, 0.1) is 11.8 Å². The number of hydrogen-bond donors (Lipinski definition) is 1. The minimum Gasteiger partial charge on any atom is -0.387 e. The van der Waals surface area contributed by atoms with Crippen LogP contribution in [0.3, 0.4) is 0 Å². The summed E-state index contributed by atoms with van der Waals surface area (Å²) in [5.74, 6) is 0.733. The van der Waals surface area contributed by atoms with Crippen LogP contribution in [0.4, 0.5) is 0 Å². The Labute approximate surface area is 78.6 Å². The molecule has 0 aliphatic heterocycles. The molecule has 1 N–H and O–H groups in total. The first kappa shape index (κ1) is 8.70. The van der Waals surface area contributed by atoms with Crippen molar-refractivity contribution in [3.63, 3.8) is 0 Å². The van der Waals surface area contributed by atoms with Crippen LogP contribution < -0.4 is 0 Å². The van der Waals surface area contributed by atoms with Gasteiger partial charge in [0.15, 0.2) is 0 Å². The Morgan fingerprint density at radius 3 is 2.85 bits per heavy atom. The van der Waals surface area contributed by atoms with Crippen molar-refractivity contribution < 1.29 is 5.11 Å². The molecule has 0 spiro atoms. The molecule has 0 aromatic carbocycles. The average Bonchev–Trinajstić information content (AvgIpc) is 2.12. The summed E-state index contributed by atoms with van der Waals surface area (Å²) in [6, 6.07) is 5.69. The summed E-state index contributed by atoms with van der Waals surface area (Å²) in [4.78, 5) is 4.14. The number of pyridine rings is 1. The molecule has 0 radical (unpaired) electrons. The Balaban J connectivity index is 1.92. The van der Waals surface area contributed by atoms with Crippen LogP contribution in [-0.4, -0.2) is 10.1 Å².